The van der Waals surface area contributed by atoms with E-state index in [1.807, 2.05) is 10.3 Å². The number of nitrogens with one attached hydrogen (secondary N) is 2. The van der Waals surface area contributed by atoms with Crippen LogP contribution in [0.4, 0.5) is 4.79 Å². The molecule has 0 bridgehead atoms. The molecule has 18 heavy (non-hydrogen) atoms. The summed E-state index contributed by atoms with van der Waals surface area (Å²) in [5.74, 6) is 0. The molecule has 0 spiro atoms. The van der Waals surface area contributed by atoms with Crippen LogP contribution in [-0.4, -0.2) is 21.6 Å². The molecule has 0 heterocycles. The fraction of sp³-hybridized carbons (Fsp3) is 0.100. The van der Waals surface area contributed by atoms with Gasteiger partial charge in [0, 0.05) is 10.4 Å². The van der Waals surface area contributed by atoms with Gasteiger partial charge in [-0.15, -0.1) is 4.83 Å². The first-order chi connectivity index (χ1) is 8.44. The normalized spacial score (nSPS) is 11.4. The first-order valence-corrected chi connectivity index (χ1v) is 6.65. The molecule has 1 aromatic carbocycles. The number of amides is 1. The standard InChI is InChI=1S/C10H11ClN2O4S/c1-17-10(14)12-13-18(15,16)7-6-8-4-2-3-5-9(8)11/h2-7,13H,1H3,(H,12,14)/b7-6+. The minimum atomic E-state index is -3.80. The zero-order valence-electron chi connectivity index (χ0n) is 9.38. The van der Waals surface area contributed by atoms with Crippen LogP contribution in [0.15, 0.2) is 29.7 Å². The van der Waals surface area contributed by atoms with Gasteiger partial charge in [-0.05, 0) is 17.7 Å². The molecular formula is C10H11ClN2O4S. The zero-order valence-corrected chi connectivity index (χ0v) is 11.0. The lowest BCUT2D eigenvalue weighted by atomic mass is 10.2. The first kappa shape index (κ1) is 14.5. The highest BCUT2D eigenvalue weighted by Gasteiger charge is 2.07. The molecule has 1 amide bonds. The van der Waals surface area contributed by atoms with Crippen molar-refractivity contribution in [2.24, 2.45) is 0 Å². The molecule has 2 N–H and O–H groups in total. The summed E-state index contributed by atoms with van der Waals surface area (Å²) in [7, 11) is -2.69. The largest absolute Gasteiger partial charge is 0.452 e. The van der Waals surface area contributed by atoms with E-state index < -0.39 is 16.1 Å². The van der Waals surface area contributed by atoms with Crippen molar-refractivity contribution in [1.82, 2.24) is 10.3 Å². The van der Waals surface area contributed by atoms with E-state index in [0.717, 1.165) is 12.5 Å². The van der Waals surface area contributed by atoms with Gasteiger partial charge in [0.15, 0.2) is 0 Å². The second kappa shape index (κ2) is 6.39. The molecule has 0 saturated heterocycles. The van der Waals surface area contributed by atoms with Crippen molar-refractivity contribution >= 4 is 33.8 Å². The van der Waals surface area contributed by atoms with Gasteiger partial charge in [-0.25, -0.2) is 18.6 Å². The van der Waals surface area contributed by atoms with Gasteiger partial charge in [0.25, 0.3) is 10.0 Å². The second-order valence-electron chi connectivity index (χ2n) is 3.09. The van der Waals surface area contributed by atoms with E-state index in [2.05, 4.69) is 4.74 Å². The molecule has 1 aromatic rings. The van der Waals surface area contributed by atoms with Crippen molar-refractivity contribution in [2.75, 3.05) is 7.11 Å². The number of methoxy groups -OCH3 is 1. The fourth-order valence-corrected chi connectivity index (χ4v) is 1.79. The topological polar surface area (TPSA) is 84.5 Å². The Morgan fingerprint density at radius 2 is 2.06 bits per heavy atom. The predicted octanol–water partition coefficient (Wildman–Crippen LogP) is 1.50. The zero-order chi connectivity index (χ0) is 13.6. The molecule has 0 saturated carbocycles. The summed E-state index contributed by atoms with van der Waals surface area (Å²) in [5.41, 5.74) is 2.38. The maximum Gasteiger partial charge on any atom is 0.422 e. The van der Waals surface area contributed by atoms with E-state index in [1.165, 1.54) is 6.08 Å². The minimum Gasteiger partial charge on any atom is -0.452 e. The number of benzene rings is 1. The van der Waals surface area contributed by atoms with Crippen molar-refractivity contribution in [2.45, 2.75) is 0 Å². The number of ether oxygens (including phenoxy) is 1. The van der Waals surface area contributed by atoms with E-state index in [9.17, 15) is 13.2 Å². The number of hydrazine groups is 1. The van der Waals surface area contributed by atoms with E-state index in [4.69, 9.17) is 11.6 Å². The number of sulfonamides is 1. The van der Waals surface area contributed by atoms with Crippen LogP contribution in [0.25, 0.3) is 6.08 Å². The summed E-state index contributed by atoms with van der Waals surface area (Å²) in [6.45, 7) is 0. The van der Waals surface area contributed by atoms with Gasteiger partial charge in [-0.1, -0.05) is 29.8 Å². The Bertz CT molecular complexity index is 557. The Labute approximate surface area is 110 Å². The maximum absolute atomic E-state index is 11.4. The lowest BCUT2D eigenvalue weighted by Gasteiger charge is -2.03. The predicted molar refractivity (Wildman–Crippen MR) is 68.1 cm³/mol. The Hall–Kier alpha value is -1.57. The first-order valence-electron chi connectivity index (χ1n) is 4.73. The van der Waals surface area contributed by atoms with Gasteiger partial charge in [0.05, 0.1) is 7.11 Å². The molecule has 98 valence electrons. The highest BCUT2D eigenvalue weighted by atomic mass is 35.5. The third kappa shape index (κ3) is 4.74. The van der Waals surface area contributed by atoms with Gasteiger partial charge in [0.1, 0.15) is 0 Å². The van der Waals surface area contributed by atoms with Crippen molar-refractivity contribution in [1.29, 1.82) is 0 Å². The number of hydrogen-bond donors (Lipinski definition) is 2. The van der Waals surface area contributed by atoms with Crippen molar-refractivity contribution < 1.29 is 17.9 Å². The van der Waals surface area contributed by atoms with Gasteiger partial charge in [-0.3, -0.25) is 0 Å². The van der Waals surface area contributed by atoms with Gasteiger partial charge >= 0.3 is 6.09 Å². The molecule has 6 nitrogen and oxygen atoms in total. The summed E-state index contributed by atoms with van der Waals surface area (Å²) < 4.78 is 27.1. The number of hydrogen-bond acceptors (Lipinski definition) is 4. The Morgan fingerprint density at radius 3 is 2.67 bits per heavy atom. The minimum absolute atomic E-state index is 0.421. The van der Waals surface area contributed by atoms with E-state index in [0.29, 0.717) is 10.6 Å². The third-order valence-corrected chi connectivity index (χ3v) is 3.04. The van der Waals surface area contributed by atoms with Crippen LogP contribution < -0.4 is 10.3 Å². The number of halogens is 1. The Kier molecular flexibility index (Phi) is 5.14. The molecule has 0 aromatic heterocycles. The number of rotatable bonds is 4. The highest BCUT2D eigenvalue weighted by Crippen LogP contribution is 2.16. The lowest BCUT2D eigenvalue weighted by molar-refractivity contribution is 0.169. The smallest absolute Gasteiger partial charge is 0.422 e. The maximum atomic E-state index is 11.4. The van der Waals surface area contributed by atoms with Gasteiger partial charge in [0.2, 0.25) is 0 Å². The molecular weight excluding hydrogens is 280 g/mol. The summed E-state index contributed by atoms with van der Waals surface area (Å²) in [4.78, 5) is 12.5. The Balaban J connectivity index is 2.71. The highest BCUT2D eigenvalue weighted by molar-refractivity contribution is 7.92. The quantitative estimate of drug-likeness (QED) is 0.823. The SMILES string of the molecule is COC(=O)NNS(=O)(=O)/C=C/c1ccccc1Cl. The monoisotopic (exact) mass is 290 g/mol. The van der Waals surface area contributed by atoms with Crippen LogP contribution in [0.3, 0.4) is 0 Å². The number of carbonyl (C=O) groups is 1. The summed E-state index contributed by atoms with van der Waals surface area (Å²) >= 11 is 5.85. The van der Waals surface area contributed by atoms with Gasteiger partial charge in [-0.2, -0.15) is 0 Å². The van der Waals surface area contributed by atoms with Crippen molar-refractivity contribution in [3.63, 3.8) is 0 Å². The molecule has 0 aliphatic carbocycles. The van der Waals surface area contributed by atoms with Crippen LogP contribution in [0.2, 0.25) is 5.02 Å². The molecule has 0 fully saturated rings. The van der Waals surface area contributed by atoms with Crippen LogP contribution in [0, 0.1) is 0 Å². The van der Waals surface area contributed by atoms with E-state index in [1.54, 1.807) is 24.3 Å². The average Bonchev–Trinajstić information content (AvgIpc) is 2.35. The van der Waals surface area contributed by atoms with Crippen LogP contribution >= 0.6 is 11.6 Å². The summed E-state index contributed by atoms with van der Waals surface area (Å²) in [5, 5.41) is 1.30. The number of carbonyl (C=O) groups excluding carboxylic acids is 1. The molecule has 0 atom stereocenters. The van der Waals surface area contributed by atoms with E-state index >= 15 is 0 Å². The molecule has 0 aliphatic rings. The second-order valence-corrected chi connectivity index (χ2v) is 5.06. The van der Waals surface area contributed by atoms with Crippen LogP contribution in [0.1, 0.15) is 5.56 Å². The van der Waals surface area contributed by atoms with E-state index in [-0.39, 0.29) is 0 Å². The average molecular weight is 291 g/mol. The van der Waals surface area contributed by atoms with Crippen LogP contribution in [0.5, 0.6) is 0 Å². The Morgan fingerprint density at radius 1 is 1.39 bits per heavy atom. The van der Waals surface area contributed by atoms with Gasteiger partial charge < -0.3 is 4.74 Å². The van der Waals surface area contributed by atoms with Crippen molar-refractivity contribution in [3.8, 4) is 0 Å². The molecule has 1 rings (SSSR count). The molecule has 0 radical (unpaired) electrons. The molecule has 8 heteroatoms. The lowest BCUT2D eigenvalue weighted by Crippen LogP contribution is -2.40. The van der Waals surface area contributed by atoms with Crippen LogP contribution in [-0.2, 0) is 14.8 Å². The summed E-state index contributed by atoms with van der Waals surface area (Å²) in [6.07, 6.45) is 0.397. The molecule has 0 unspecified atom stereocenters. The fourth-order valence-electron chi connectivity index (χ4n) is 0.971. The van der Waals surface area contributed by atoms with Crippen molar-refractivity contribution in [3.05, 3.63) is 40.3 Å². The molecule has 0 aliphatic heterocycles. The summed E-state index contributed by atoms with van der Waals surface area (Å²) in [6, 6.07) is 6.74. The third-order valence-electron chi connectivity index (χ3n) is 1.81.